The molecular weight excluding hydrogens is 576 g/mol. The molecule has 0 spiro atoms. The summed E-state index contributed by atoms with van der Waals surface area (Å²) in [6.45, 7) is 12.4. The molecule has 1 N–H and O–H groups in total. The molecule has 2 aromatic carbocycles. The highest BCUT2D eigenvalue weighted by molar-refractivity contribution is 5.99. The fourth-order valence-corrected chi connectivity index (χ4v) is 5.90. The number of hydrogen-bond acceptors (Lipinski definition) is 10. The number of dihydropyridines is 1. The lowest BCUT2D eigenvalue weighted by molar-refractivity contribution is -0.384. The van der Waals surface area contributed by atoms with Gasteiger partial charge in [-0.25, -0.2) is 9.59 Å². The van der Waals surface area contributed by atoms with E-state index in [0.29, 0.717) is 30.0 Å². The number of esters is 2. The van der Waals surface area contributed by atoms with Gasteiger partial charge < -0.3 is 29.3 Å². The fraction of sp³-hybridized carbons (Fsp3) is 0.471. The standard InChI is InChI=1S/C34H44N4O7/c1-24-11-5-6-14-29(24)44-22-10-16-37-19-17-36(18-20-37)15-7-8-21-45-34(40)31-26(3)35-25(2)30(33(39)43-4)32(31)27-12-9-13-28(23-27)38(41)42/h5-6,9,11-14,23,32,35H,7-8,10,15-22H2,1-4H3. The van der Waals surface area contributed by atoms with Crippen molar-refractivity contribution in [3.63, 3.8) is 0 Å². The van der Waals surface area contributed by atoms with E-state index in [-0.39, 0.29) is 23.4 Å². The van der Waals surface area contributed by atoms with Crippen LogP contribution in [-0.4, -0.2) is 86.3 Å². The molecule has 2 heterocycles. The van der Waals surface area contributed by atoms with Crippen LogP contribution in [-0.2, 0) is 19.1 Å². The van der Waals surface area contributed by atoms with Crippen molar-refractivity contribution in [3.05, 3.63) is 92.3 Å². The average Bonchev–Trinajstić information content (AvgIpc) is 3.03. The van der Waals surface area contributed by atoms with E-state index in [1.54, 1.807) is 26.0 Å². The molecule has 11 heteroatoms. The summed E-state index contributed by atoms with van der Waals surface area (Å²) in [7, 11) is 1.26. The lowest BCUT2D eigenvalue weighted by atomic mass is 9.80. The van der Waals surface area contributed by atoms with E-state index in [1.807, 2.05) is 18.2 Å². The van der Waals surface area contributed by atoms with E-state index in [4.69, 9.17) is 14.2 Å². The van der Waals surface area contributed by atoms with Crippen LogP contribution >= 0.6 is 0 Å². The van der Waals surface area contributed by atoms with Crippen molar-refractivity contribution in [1.29, 1.82) is 0 Å². The number of ether oxygens (including phenoxy) is 3. The Hall–Kier alpha value is -4.22. The summed E-state index contributed by atoms with van der Waals surface area (Å²) >= 11 is 0. The first-order valence-electron chi connectivity index (χ1n) is 15.5. The van der Waals surface area contributed by atoms with E-state index in [1.165, 1.54) is 19.2 Å². The monoisotopic (exact) mass is 620 g/mol. The molecular formula is C34H44N4O7. The number of methoxy groups -OCH3 is 1. The van der Waals surface area contributed by atoms with Crippen molar-refractivity contribution in [1.82, 2.24) is 15.1 Å². The van der Waals surface area contributed by atoms with Crippen LogP contribution in [0, 0.1) is 17.0 Å². The number of rotatable bonds is 14. The number of nitro benzene ring substituents is 1. The van der Waals surface area contributed by atoms with Gasteiger partial charge in [0, 0.05) is 56.3 Å². The third kappa shape index (κ3) is 8.92. The van der Waals surface area contributed by atoms with Gasteiger partial charge in [0.1, 0.15) is 5.75 Å². The van der Waals surface area contributed by atoms with E-state index in [0.717, 1.165) is 63.4 Å². The minimum Gasteiger partial charge on any atom is -0.493 e. The van der Waals surface area contributed by atoms with E-state index in [9.17, 15) is 19.7 Å². The Morgan fingerprint density at radius 3 is 2.16 bits per heavy atom. The van der Waals surface area contributed by atoms with Gasteiger partial charge in [-0.2, -0.15) is 0 Å². The van der Waals surface area contributed by atoms with Crippen LogP contribution in [0.3, 0.4) is 0 Å². The van der Waals surface area contributed by atoms with Crippen molar-refractivity contribution < 1.29 is 28.7 Å². The summed E-state index contributed by atoms with van der Waals surface area (Å²) in [5.74, 6) is -1.10. The van der Waals surface area contributed by atoms with Gasteiger partial charge in [0.25, 0.3) is 5.69 Å². The number of carbonyl (C=O) groups is 2. The Morgan fingerprint density at radius 2 is 1.51 bits per heavy atom. The van der Waals surface area contributed by atoms with Crippen LogP contribution in [0.25, 0.3) is 0 Å². The predicted molar refractivity (Wildman–Crippen MR) is 171 cm³/mol. The highest BCUT2D eigenvalue weighted by Gasteiger charge is 2.38. The second-order valence-corrected chi connectivity index (χ2v) is 11.5. The number of allylic oxidation sites excluding steroid dienone is 2. The number of aryl methyl sites for hydroxylation is 1. The average molecular weight is 621 g/mol. The predicted octanol–water partition coefficient (Wildman–Crippen LogP) is 4.72. The maximum absolute atomic E-state index is 13.4. The first-order valence-corrected chi connectivity index (χ1v) is 15.5. The maximum Gasteiger partial charge on any atom is 0.336 e. The Kier molecular flexibility index (Phi) is 12.1. The molecule has 0 bridgehead atoms. The van der Waals surface area contributed by atoms with Crippen molar-refractivity contribution in [2.45, 2.75) is 46.0 Å². The van der Waals surface area contributed by atoms with Crippen LogP contribution < -0.4 is 10.1 Å². The van der Waals surface area contributed by atoms with Crippen LogP contribution in [0.4, 0.5) is 5.69 Å². The van der Waals surface area contributed by atoms with Gasteiger partial charge in [-0.3, -0.25) is 10.1 Å². The normalized spacial score (nSPS) is 17.6. The number of piperazine rings is 1. The molecule has 1 saturated heterocycles. The minimum absolute atomic E-state index is 0.133. The molecule has 0 radical (unpaired) electrons. The number of nitrogens with one attached hydrogen (secondary N) is 1. The Labute approximate surface area is 265 Å². The number of nitrogens with zero attached hydrogens (tertiary/aromatic N) is 3. The zero-order valence-corrected chi connectivity index (χ0v) is 26.7. The number of non-ortho nitro benzene ring substituents is 1. The molecule has 0 aromatic heterocycles. The molecule has 1 atom stereocenters. The number of unbranched alkanes of at least 4 members (excludes halogenated alkanes) is 1. The summed E-state index contributed by atoms with van der Waals surface area (Å²) in [5, 5.41) is 14.6. The first-order chi connectivity index (χ1) is 21.7. The third-order valence-electron chi connectivity index (χ3n) is 8.34. The zero-order valence-electron chi connectivity index (χ0n) is 26.7. The number of nitro groups is 1. The van der Waals surface area contributed by atoms with Gasteiger partial charge in [-0.15, -0.1) is 0 Å². The van der Waals surface area contributed by atoms with Crippen LogP contribution in [0.1, 0.15) is 50.2 Å². The van der Waals surface area contributed by atoms with Crippen LogP contribution in [0.5, 0.6) is 5.75 Å². The second-order valence-electron chi connectivity index (χ2n) is 11.5. The fourth-order valence-electron chi connectivity index (χ4n) is 5.90. The number of carbonyl (C=O) groups excluding carboxylic acids is 2. The number of para-hydroxylation sites is 1. The Bertz CT molecular complexity index is 1430. The SMILES string of the molecule is COC(=O)C1=C(C)NC(C)=C(C(=O)OCCCCN2CCN(CCCOc3ccccc3C)CC2)C1c1cccc([N+](=O)[O-])c1. The van der Waals surface area contributed by atoms with Gasteiger partial charge in [0.05, 0.1) is 42.3 Å². The van der Waals surface area contributed by atoms with Crippen molar-refractivity contribution in [2.75, 3.05) is 59.6 Å². The third-order valence-corrected chi connectivity index (χ3v) is 8.34. The largest absolute Gasteiger partial charge is 0.493 e. The van der Waals surface area contributed by atoms with Gasteiger partial charge in [0.2, 0.25) is 0 Å². The summed E-state index contributed by atoms with van der Waals surface area (Å²) in [4.78, 5) is 42.1. The molecule has 4 rings (SSSR count). The maximum atomic E-state index is 13.4. The molecule has 242 valence electrons. The molecule has 45 heavy (non-hydrogen) atoms. The highest BCUT2D eigenvalue weighted by Crippen LogP contribution is 2.40. The van der Waals surface area contributed by atoms with Crippen molar-refractivity contribution in [2.24, 2.45) is 0 Å². The topological polar surface area (TPSA) is 123 Å². The smallest absolute Gasteiger partial charge is 0.336 e. The highest BCUT2D eigenvalue weighted by atomic mass is 16.6. The zero-order chi connectivity index (χ0) is 32.3. The Morgan fingerprint density at radius 1 is 0.867 bits per heavy atom. The quantitative estimate of drug-likeness (QED) is 0.137. The molecule has 2 aromatic rings. The summed E-state index contributed by atoms with van der Waals surface area (Å²) < 4.78 is 16.6. The first kappa shape index (κ1) is 33.7. The molecule has 0 saturated carbocycles. The lowest BCUT2D eigenvalue weighted by Crippen LogP contribution is -2.46. The van der Waals surface area contributed by atoms with Crippen LogP contribution in [0.15, 0.2) is 71.1 Å². The summed E-state index contributed by atoms with van der Waals surface area (Å²) in [6, 6.07) is 14.0. The summed E-state index contributed by atoms with van der Waals surface area (Å²) in [5.41, 5.74) is 2.96. The van der Waals surface area contributed by atoms with E-state index in [2.05, 4.69) is 28.1 Å². The van der Waals surface area contributed by atoms with Crippen LogP contribution in [0.2, 0.25) is 0 Å². The van der Waals surface area contributed by atoms with Crippen molar-refractivity contribution in [3.8, 4) is 5.75 Å². The molecule has 0 aliphatic carbocycles. The Balaban J connectivity index is 1.23. The molecule has 1 unspecified atom stereocenters. The summed E-state index contributed by atoms with van der Waals surface area (Å²) in [6.07, 6.45) is 2.57. The molecule has 2 aliphatic heterocycles. The van der Waals surface area contributed by atoms with Crippen molar-refractivity contribution >= 4 is 17.6 Å². The molecule has 2 aliphatic rings. The van der Waals surface area contributed by atoms with E-state index >= 15 is 0 Å². The molecule has 1 fully saturated rings. The van der Waals surface area contributed by atoms with E-state index < -0.39 is 22.8 Å². The van der Waals surface area contributed by atoms with Gasteiger partial charge in [0.15, 0.2) is 0 Å². The second kappa shape index (κ2) is 16.2. The van der Waals surface area contributed by atoms with Gasteiger partial charge in [-0.1, -0.05) is 30.3 Å². The van der Waals surface area contributed by atoms with Gasteiger partial charge >= 0.3 is 11.9 Å². The molecule has 0 amide bonds. The number of hydrogen-bond donors (Lipinski definition) is 1. The van der Waals surface area contributed by atoms with Gasteiger partial charge in [-0.05, 0) is 63.8 Å². The number of benzene rings is 2. The molecule has 11 nitrogen and oxygen atoms in total. The lowest BCUT2D eigenvalue weighted by Gasteiger charge is -2.34. The minimum atomic E-state index is -0.864.